The van der Waals surface area contributed by atoms with Crippen LogP contribution >= 0.6 is 11.6 Å². The Balaban J connectivity index is 1.61. The van der Waals surface area contributed by atoms with Crippen molar-refractivity contribution in [1.82, 2.24) is 4.90 Å². The van der Waals surface area contributed by atoms with Gasteiger partial charge >= 0.3 is 0 Å². The zero-order chi connectivity index (χ0) is 16.4. The number of hydrogen-bond donors (Lipinski definition) is 2. The summed E-state index contributed by atoms with van der Waals surface area (Å²) in [5, 5.41) is 20.8. The Bertz CT molecular complexity index is 545. The first-order valence-electron chi connectivity index (χ1n) is 8.09. The normalized spacial score (nSPS) is 28.0. The lowest BCUT2D eigenvalue weighted by molar-refractivity contribution is -0.214. The van der Waals surface area contributed by atoms with Gasteiger partial charge in [0.1, 0.15) is 11.9 Å². The van der Waals surface area contributed by atoms with Crippen molar-refractivity contribution in [3.8, 4) is 5.75 Å². The predicted molar refractivity (Wildman–Crippen MR) is 87.8 cm³/mol. The quantitative estimate of drug-likeness (QED) is 0.878. The van der Waals surface area contributed by atoms with Crippen LogP contribution < -0.4 is 4.74 Å². The Hall–Kier alpha value is -0.850. The molecular formula is C17H24ClNO4. The van der Waals surface area contributed by atoms with E-state index in [1.165, 1.54) is 0 Å². The van der Waals surface area contributed by atoms with Crippen LogP contribution in [0.2, 0.25) is 5.02 Å². The number of nitrogens with zero attached hydrogens (tertiary/aromatic N) is 1. The molecule has 0 aromatic heterocycles. The fourth-order valence-electron chi connectivity index (χ4n) is 3.57. The van der Waals surface area contributed by atoms with Gasteiger partial charge < -0.3 is 19.7 Å². The van der Waals surface area contributed by atoms with Gasteiger partial charge in [-0.05, 0) is 37.0 Å². The van der Waals surface area contributed by atoms with Crippen LogP contribution in [0.5, 0.6) is 5.75 Å². The fourth-order valence-corrected chi connectivity index (χ4v) is 3.76. The highest BCUT2D eigenvalue weighted by Gasteiger charge is 2.47. The summed E-state index contributed by atoms with van der Waals surface area (Å²) in [5.74, 6) is 0.687. The number of rotatable bonds is 3. The first-order valence-corrected chi connectivity index (χ1v) is 8.47. The van der Waals surface area contributed by atoms with Crippen LogP contribution in [0, 0.1) is 0 Å². The molecule has 23 heavy (non-hydrogen) atoms. The largest absolute Gasteiger partial charge is 0.495 e. The number of aliphatic hydroxyl groups excluding tert-OH is 2. The van der Waals surface area contributed by atoms with E-state index in [0.29, 0.717) is 23.8 Å². The topological polar surface area (TPSA) is 62.2 Å². The Labute approximate surface area is 141 Å². The number of aliphatic hydroxyl groups is 2. The third-order valence-corrected chi connectivity index (χ3v) is 5.34. The molecule has 2 heterocycles. The highest BCUT2D eigenvalue weighted by molar-refractivity contribution is 6.32. The number of methoxy groups -OCH3 is 1. The monoisotopic (exact) mass is 341 g/mol. The molecular weight excluding hydrogens is 318 g/mol. The summed E-state index contributed by atoms with van der Waals surface area (Å²) in [7, 11) is 1.61. The van der Waals surface area contributed by atoms with Crippen molar-refractivity contribution in [2.24, 2.45) is 0 Å². The van der Waals surface area contributed by atoms with Crippen LogP contribution in [0.15, 0.2) is 18.2 Å². The molecule has 0 radical (unpaired) electrons. The molecule has 2 aliphatic heterocycles. The Morgan fingerprint density at radius 2 is 2.09 bits per heavy atom. The summed E-state index contributed by atoms with van der Waals surface area (Å²) in [6, 6.07) is 5.82. The van der Waals surface area contributed by atoms with Gasteiger partial charge in [0, 0.05) is 19.6 Å². The second-order valence-electron chi connectivity index (χ2n) is 6.46. The third kappa shape index (κ3) is 3.49. The molecule has 2 saturated heterocycles. The van der Waals surface area contributed by atoms with E-state index in [1.807, 2.05) is 18.2 Å². The van der Waals surface area contributed by atoms with Gasteiger partial charge in [-0.25, -0.2) is 0 Å². The third-order valence-electron chi connectivity index (χ3n) is 5.03. The van der Waals surface area contributed by atoms with Gasteiger partial charge in [0.25, 0.3) is 0 Å². The molecule has 2 atom stereocenters. The zero-order valence-electron chi connectivity index (χ0n) is 13.4. The van der Waals surface area contributed by atoms with E-state index in [-0.39, 0.29) is 0 Å². The molecule has 0 aliphatic carbocycles. The Kier molecular flexibility index (Phi) is 5.13. The van der Waals surface area contributed by atoms with Crippen LogP contribution in [0.1, 0.15) is 24.8 Å². The highest BCUT2D eigenvalue weighted by Crippen LogP contribution is 2.36. The molecule has 1 aromatic rings. The van der Waals surface area contributed by atoms with E-state index in [1.54, 1.807) is 7.11 Å². The van der Waals surface area contributed by atoms with Crippen molar-refractivity contribution in [3.63, 3.8) is 0 Å². The van der Waals surface area contributed by atoms with Crippen LogP contribution in [0.4, 0.5) is 0 Å². The van der Waals surface area contributed by atoms with E-state index in [0.717, 1.165) is 38.0 Å². The van der Waals surface area contributed by atoms with E-state index in [4.69, 9.17) is 21.1 Å². The van der Waals surface area contributed by atoms with Crippen LogP contribution in [-0.4, -0.2) is 59.7 Å². The first kappa shape index (κ1) is 17.0. The molecule has 3 rings (SSSR count). The molecule has 0 unspecified atom stereocenters. The molecule has 2 N–H and O–H groups in total. The lowest BCUT2D eigenvalue weighted by atomic mass is 9.80. The summed E-state index contributed by atoms with van der Waals surface area (Å²) in [5.41, 5.74) is 0.568. The minimum atomic E-state index is -0.783. The van der Waals surface area contributed by atoms with Crippen molar-refractivity contribution >= 4 is 11.6 Å². The summed E-state index contributed by atoms with van der Waals surface area (Å²) in [4.78, 5) is 2.32. The summed E-state index contributed by atoms with van der Waals surface area (Å²) < 4.78 is 11.1. The summed E-state index contributed by atoms with van der Waals surface area (Å²) >= 11 is 6.06. The number of halogens is 1. The molecule has 1 spiro atoms. The van der Waals surface area contributed by atoms with Crippen molar-refractivity contribution < 1.29 is 19.7 Å². The predicted octanol–water partition coefficient (Wildman–Crippen LogP) is 1.83. The summed E-state index contributed by atoms with van der Waals surface area (Å²) in [6.07, 6.45) is 0.521. The minimum absolute atomic E-state index is 0.511. The van der Waals surface area contributed by atoms with Gasteiger partial charge in [-0.15, -0.1) is 0 Å². The Morgan fingerprint density at radius 3 is 2.78 bits per heavy atom. The number of hydrogen-bond acceptors (Lipinski definition) is 5. The van der Waals surface area contributed by atoms with Gasteiger partial charge in [-0.1, -0.05) is 17.7 Å². The minimum Gasteiger partial charge on any atom is -0.495 e. The summed E-state index contributed by atoms with van der Waals surface area (Å²) in [6.45, 7) is 2.98. The van der Waals surface area contributed by atoms with Crippen LogP contribution in [-0.2, 0) is 11.3 Å². The lowest BCUT2D eigenvalue weighted by Gasteiger charge is -2.48. The molecule has 128 valence electrons. The van der Waals surface area contributed by atoms with Crippen molar-refractivity contribution in [1.29, 1.82) is 0 Å². The number of piperidine rings is 1. The molecule has 2 fully saturated rings. The molecule has 0 saturated carbocycles. The van der Waals surface area contributed by atoms with Gasteiger partial charge in [-0.3, -0.25) is 4.90 Å². The molecule has 6 heteroatoms. The number of ether oxygens (including phenoxy) is 2. The van der Waals surface area contributed by atoms with E-state index < -0.39 is 17.8 Å². The Morgan fingerprint density at radius 1 is 1.35 bits per heavy atom. The standard InChI is InChI=1S/C17H24ClNO4/c1-22-15-10-12(2-3-13(15)18)11-19-7-5-17(6-8-19)16(21)14(20)4-9-23-17/h2-3,10,14,16,20-21H,4-9,11H2,1H3/t14-,16-/m0/s1. The van der Waals surface area contributed by atoms with Gasteiger partial charge in [0.2, 0.25) is 0 Å². The van der Waals surface area contributed by atoms with Crippen molar-refractivity contribution in [2.75, 3.05) is 26.8 Å². The fraction of sp³-hybridized carbons (Fsp3) is 0.647. The molecule has 2 aliphatic rings. The maximum atomic E-state index is 10.3. The number of benzene rings is 1. The molecule has 5 nitrogen and oxygen atoms in total. The van der Waals surface area contributed by atoms with Gasteiger partial charge in [0.15, 0.2) is 0 Å². The maximum absolute atomic E-state index is 10.3. The lowest BCUT2D eigenvalue weighted by Crippen LogP contribution is -2.59. The first-order chi connectivity index (χ1) is 11.0. The van der Waals surface area contributed by atoms with E-state index in [2.05, 4.69) is 4.90 Å². The van der Waals surface area contributed by atoms with Gasteiger partial charge in [-0.2, -0.15) is 0 Å². The molecule has 1 aromatic carbocycles. The zero-order valence-corrected chi connectivity index (χ0v) is 14.1. The van der Waals surface area contributed by atoms with Crippen LogP contribution in [0.25, 0.3) is 0 Å². The number of likely N-dealkylation sites (tertiary alicyclic amines) is 1. The average molecular weight is 342 g/mol. The maximum Gasteiger partial charge on any atom is 0.137 e. The van der Waals surface area contributed by atoms with Crippen LogP contribution in [0.3, 0.4) is 0 Å². The SMILES string of the molecule is COc1cc(CN2CCC3(CC2)OCC[C@H](O)[C@@H]3O)ccc1Cl. The van der Waals surface area contributed by atoms with Crippen molar-refractivity contribution in [3.05, 3.63) is 28.8 Å². The molecule has 0 bridgehead atoms. The average Bonchev–Trinajstić information content (AvgIpc) is 2.56. The highest BCUT2D eigenvalue weighted by atomic mass is 35.5. The van der Waals surface area contributed by atoms with E-state index >= 15 is 0 Å². The second kappa shape index (κ2) is 6.95. The van der Waals surface area contributed by atoms with Crippen molar-refractivity contribution in [2.45, 2.75) is 43.6 Å². The van der Waals surface area contributed by atoms with E-state index in [9.17, 15) is 10.2 Å². The molecule has 0 amide bonds. The smallest absolute Gasteiger partial charge is 0.137 e. The van der Waals surface area contributed by atoms with Gasteiger partial charge in [0.05, 0.1) is 30.4 Å². The second-order valence-corrected chi connectivity index (χ2v) is 6.87.